The van der Waals surface area contributed by atoms with Crippen molar-refractivity contribution in [2.45, 2.75) is 51.3 Å². The molecule has 0 aromatic heterocycles. The van der Waals surface area contributed by atoms with E-state index in [0.29, 0.717) is 12.0 Å². The Hall–Kier alpha value is 0.0400. The molecule has 0 spiro atoms. The van der Waals surface area contributed by atoms with E-state index in [0.717, 1.165) is 16.9 Å². The maximum atomic E-state index is 5.28. The molecule has 0 aromatic rings. The topological polar surface area (TPSA) is 24.1 Å². The Morgan fingerprint density at radius 2 is 2.19 bits per heavy atom. The number of thiocarbonyl (C=S) groups is 1. The van der Waals surface area contributed by atoms with Gasteiger partial charge in [0, 0.05) is 17.8 Å². The van der Waals surface area contributed by atoms with Crippen molar-refractivity contribution < 1.29 is 0 Å². The summed E-state index contributed by atoms with van der Waals surface area (Å²) >= 11 is 7.37. The first kappa shape index (κ1) is 14.1. The molecule has 94 valence electrons. The summed E-state index contributed by atoms with van der Waals surface area (Å²) in [6.07, 6.45) is 3.87. The Bertz CT molecular complexity index is 219. The molecule has 16 heavy (non-hydrogen) atoms. The lowest BCUT2D eigenvalue weighted by Gasteiger charge is -2.17. The summed E-state index contributed by atoms with van der Waals surface area (Å²) in [7, 11) is 0. The van der Waals surface area contributed by atoms with E-state index in [2.05, 4.69) is 43.2 Å². The molecule has 1 fully saturated rings. The highest BCUT2D eigenvalue weighted by Gasteiger charge is 2.24. The van der Waals surface area contributed by atoms with E-state index >= 15 is 0 Å². The van der Waals surface area contributed by atoms with Gasteiger partial charge in [-0.25, -0.2) is 0 Å². The van der Waals surface area contributed by atoms with Gasteiger partial charge in [0.05, 0.1) is 0 Å². The molecule has 2 atom stereocenters. The van der Waals surface area contributed by atoms with Gasteiger partial charge in [0.15, 0.2) is 5.11 Å². The van der Waals surface area contributed by atoms with E-state index in [9.17, 15) is 0 Å². The molecule has 1 saturated carbocycles. The van der Waals surface area contributed by atoms with E-state index in [-0.39, 0.29) is 0 Å². The van der Waals surface area contributed by atoms with Crippen molar-refractivity contribution in [1.82, 2.24) is 10.6 Å². The molecule has 0 bridgehead atoms. The molecule has 0 heterocycles. The summed E-state index contributed by atoms with van der Waals surface area (Å²) in [5.41, 5.74) is 0. The summed E-state index contributed by atoms with van der Waals surface area (Å²) in [5, 5.41) is 8.38. The van der Waals surface area contributed by atoms with Crippen molar-refractivity contribution >= 4 is 29.1 Å². The first-order chi connectivity index (χ1) is 7.61. The van der Waals surface area contributed by atoms with Crippen LogP contribution in [0.4, 0.5) is 0 Å². The first-order valence-electron chi connectivity index (χ1n) is 6.27. The van der Waals surface area contributed by atoms with Crippen LogP contribution >= 0.6 is 24.0 Å². The molecule has 0 amide bonds. The van der Waals surface area contributed by atoms with E-state index in [4.69, 9.17) is 12.2 Å². The maximum absolute atomic E-state index is 5.28. The van der Waals surface area contributed by atoms with Crippen LogP contribution in [-0.2, 0) is 0 Å². The molecule has 2 N–H and O–H groups in total. The fraction of sp³-hybridized carbons (Fsp3) is 0.917. The van der Waals surface area contributed by atoms with Crippen LogP contribution in [-0.4, -0.2) is 28.7 Å². The van der Waals surface area contributed by atoms with Crippen LogP contribution in [0.25, 0.3) is 0 Å². The van der Waals surface area contributed by atoms with Crippen LogP contribution in [0.15, 0.2) is 0 Å². The summed E-state index contributed by atoms with van der Waals surface area (Å²) in [6, 6.07) is 0.594. The molecule has 1 rings (SSSR count). The van der Waals surface area contributed by atoms with Crippen molar-refractivity contribution in [1.29, 1.82) is 0 Å². The molecular weight excluding hydrogens is 236 g/mol. The van der Waals surface area contributed by atoms with Gasteiger partial charge in [-0.15, -0.1) is 0 Å². The zero-order valence-electron chi connectivity index (χ0n) is 10.6. The third-order valence-electron chi connectivity index (χ3n) is 2.79. The van der Waals surface area contributed by atoms with Crippen molar-refractivity contribution in [3.05, 3.63) is 0 Å². The minimum Gasteiger partial charge on any atom is -0.362 e. The van der Waals surface area contributed by atoms with Gasteiger partial charge in [0.2, 0.25) is 0 Å². The van der Waals surface area contributed by atoms with E-state index in [1.54, 1.807) is 0 Å². The Balaban J connectivity index is 2.15. The maximum Gasteiger partial charge on any atom is 0.166 e. The monoisotopic (exact) mass is 260 g/mol. The summed E-state index contributed by atoms with van der Waals surface area (Å²) in [4.78, 5) is 0. The molecule has 1 aliphatic carbocycles. The largest absolute Gasteiger partial charge is 0.362 e. The smallest absolute Gasteiger partial charge is 0.166 e. The van der Waals surface area contributed by atoms with Gasteiger partial charge < -0.3 is 10.6 Å². The summed E-state index contributed by atoms with van der Waals surface area (Å²) in [6.45, 7) is 7.59. The third-order valence-corrected chi connectivity index (χ3v) is 4.29. The predicted molar refractivity (Wildman–Crippen MR) is 78.1 cm³/mol. The third kappa shape index (κ3) is 5.39. The second-order valence-electron chi connectivity index (χ2n) is 4.84. The van der Waals surface area contributed by atoms with Gasteiger partial charge in [0.25, 0.3) is 0 Å². The van der Waals surface area contributed by atoms with Crippen LogP contribution in [0.2, 0.25) is 0 Å². The van der Waals surface area contributed by atoms with Crippen molar-refractivity contribution in [3.63, 3.8) is 0 Å². The fourth-order valence-electron chi connectivity index (χ4n) is 1.99. The van der Waals surface area contributed by atoms with Gasteiger partial charge in [-0.1, -0.05) is 20.8 Å². The van der Waals surface area contributed by atoms with Gasteiger partial charge >= 0.3 is 0 Å². The van der Waals surface area contributed by atoms with E-state index < -0.39 is 0 Å². The molecule has 2 unspecified atom stereocenters. The van der Waals surface area contributed by atoms with Gasteiger partial charge in [0.1, 0.15) is 0 Å². The SMILES string of the molecule is CCSC1CCC(NC(=S)NCC(C)C)C1. The Labute approximate surface area is 109 Å². The average molecular weight is 260 g/mol. The second kappa shape index (κ2) is 7.38. The Morgan fingerprint density at radius 3 is 2.81 bits per heavy atom. The van der Waals surface area contributed by atoms with Gasteiger partial charge in [-0.05, 0) is 43.2 Å². The van der Waals surface area contributed by atoms with E-state index in [1.807, 2.05) is 0 Å². The lowest BCUT2D eigenvalue weighted by Crippen LogP contribution is -2.42. The quantitative estimate of drug-likeness (QED) is 0.742. The fourth-order valence-corrected chi connectivity index (χ4v) is 3.38. The standard InChI is InChI=1S/C12H24N2S2/c1-4-16-11-6-5-10(7-11)14-12(15)13-8-9(2)3/h9-11H,4-8H2,1-3H3,(H2,13,14,15). The lowest BCUT2D eigenvalue weighted by atomic mass is 10.2. The highest BCUT2D eigenvalue weighted by Crippen LogP contribution is 2.29. The zero-order chi connectivity index (χ0) is 12.0. The minimum absolute atomic E-state index is 0.594. The lowest BCUT2D eigenvalue weighted by molar-refractivity contribution is 0.590. The Kier molecular flexibility index (Phi) is 6.51. The van der Waals surface area contributed by atoms with Gasteiger partial charge in [-0.3, -0.25) is 0 Å². The van der Waals surface area contributed by atoms with Crippen LogP contribution in [0, 0.1) is 5.92 Å². The molecule has 2 nitrogen and oxygen atoms in total. The number of thioether (sulfide) groups is 1. The zero-order valence-corrected chi connectivity index (χ0v) is 12.2. The molecular formula is C12H24N2S2. The van der Waals surface area contributed by atoms with Crippen molar-refractivity contribution in [3.8, 4) is 0 Å². The highest BCUT2D eigenvalue weighted by atomic mass is 32.2. The number of hydrogen-bond acceptors (Lipinski definition) is 2. The van der Waals surface area contributed by atoms with Gasteiger partial charge in [-0.2, -0.15) is 11.8 Å². The molecule has 1 aliphatic rings. The molecule has 0 saturated heterocycles. The van der Waals surface area contributed by atoms with Crippen LogP contribution in [0.5, 0.6) is 0 Å². The summed E-state index contributed by atoms with van der Waals surface area (Å²) < 4.78 is 0. The number of hydrogen-bond donors (Lipinski definition) is 2. The first-order valence-corrected chi connectivity index (χ1v) is 7.73. The minimum atomic E-state index is 0.594. The van der Waals surface area contributed by atoms with Crippen LogP contribution < -0.4 is 10.6 Å². The van der Waals surface area contributed by atoms with E-state index in [1.165, 1.54) is 25.0 Å². The molecule has 0 radical (unpaired) electrons. The average Bonchev–Trinajstić information content (AvgIpc) is 2.63. The predicted octanol–water partition coefficient (Wildman–Crippen LogP) is 2.78. The second-order valence-corrected chi connectivity index (χ2v) is 6.82. The Morgan fingerprint density at radius 1 is 1.44 bits per heavy atom. The molecule has 4 heteroatoms. The van der Waals surface area contributed by atoms with Crippen LogP contribution in [0.3, 0.4) is 0 Å². The number of rotatable bonds is 5. The van der Waals surface area contributed by atoms with Crippen molar-refractivity contribution in [2.24, 2.45) is 5.92 Å². The molecule has 0 aliphatic heterocycles. The van der Waals surface area contributed by atoms with Crippen molar-refractivity contribution in [2.75, 3.05) is 12.3 Å². The van der Waals surface area contributed by atoms with Crippen LogP contribution in [0.1, 0.15) is 40.0 Å². The summed E-state index contributed by atoms with van der Waals surface area (Å²) in [5.74, 6) is 1.87. The molecule has 0 aromatic carbocycles. The normalized spacial score (nSPS) is 24.8. The highest BCUT2D eigenvalue weighted by molar-refractivity contribution is 7.99. The number of nitrogens with one attached hydrogen (secondary N) is 2.